The zero-order valence-electron chi connectivity index (χ0n) is 13.4. The maximum absolute atomic E-state index is 12.3. The van der Waals surface area contributed by atoms with Crippen LogP contribution < -0.4 is 10.6 Å². The lowest BCUT2D eigenvalue weighted by molar-refractivity contribution is -0.114. The molecule has 0 aliphatic rings. The van der Waals surface area contributed by atoms with Gasteiger partial charge in [0.1, 0.15) is 0 Å². The first-order valence-electron chi connectivity index (χ1n) is 7.63. The molecule has 1 heterocycles. The summed E-state index contributed by atoms with van der Waals surface area (Å²) in [6.07, 6.45) is 0.968. The lowest BCUT2D eigenvalue weighted by Crippen LogP contribution is -2.12. The van der Waals surface area contributed by atoms with Crippen molar-refractivity contribution in [3.8, 4) is 0 Å². The number of thiazole rings is 1. The molecule has 1 aromatic heterocycles. The first-order valence-corrected chi connectivity index (χ1v) is 8.45. The van der Waals surface area contributed by atoms with E-state index in [-0.39, 0.29) is 11.8 Å². The van der Waals surface area contributed by atoms with Crippen molar-refractivity contribution < 1.29 is 9.59 Å². The first kappa shape index (κ1) is 16.1. The van der Waals surface area contributed by atoms with Crippen molar-refractivity contribution in [1.82, 2.24) is 4.98 Å². The molecule has 0 saturated carbocycles. The van der Waals surface area contributed by atoms with Crippen molar-refractivity contribution in [1.29, 1.82) is 0 Å². The van der Waals surface area contributed by atoms with Crippen LogP contribution in [0.1, 0.15) is 29.8 Å². The minimum absolute atomic E-state index is 0.145. The predicted octanol–water partition coefficient (Wildman–Crippen LogP) is 4.07. The molecule has 0 radical (unpaired) electrons. The number of carbonyl (C=O) groups is 2. The summed E-state index contributed by atoms with van der Waals surface area (Å²) in [5, 5.41) is 6.07. The Hall–Kier alpha value is -2.73. The number of hydrogen-bond donors (Lipinski definition) is 2. The highest BCUT2D eigenvalue weighted by molar-refractivity contribution is 7.22. The summed E-state index contributed by atoms with van der Waals surface area (Å²) < 4.78 is 1.06. The number of nitrogens with zero attached hydrogens (tertiary/aromatic N) is 1. The van der Waals surface area contributed by atoms with E-state index in [4.69, 9.17) is 0 Å². The second kappa shape index (κ2) is 6.80. The van der Waals surface area contributed by atoms with E-state index in [9.17, 15) is 9.59 Å². The van der Waals surface area contributed by atoms with E-state index in [0.717, 1.165) is 16.6 Å². The Bertz CT molecular complexity index is 900. The van der Waals surface area contributed by atoms with Gasteiger partial charge in [-0.2, -0.15) is 0 Å². The number of hydrogen-bond acceptors (Lipinski definition) is 4. The van der Waals surface area contributed by atoms with Crippen LogP contribution in [0.2, 0.25) is 0 Å². The third kappa shape index (κ3) is 3.60. The number of benzene rings is 2. The van der Waals surface area contributed by atoms with Gasteiger partial charge in [0.2, 0.25) is 5.91 Å². The van der Waals surface area contributed by atoms with Gasteiger partial charge in [-0.05, 0) is 48.4 Å². The van der Waals surface area contributed by atoms with Crippen molar-refractivity contribution in [3.63, 3.8) is 0 Å². The van der Waals surface area contributed by atoms with Crippen molar-refractivity contribution in [2.75, 3.05) is 10.6 Å². The Balaban J connectivity index is 1.75. The normalized spacial score (nSPS) is 10.6. The van der Waals surface area contributed by atoms with Crippen LogP contribution >= 0.6 is 11.3 Å². The van der Waals surface area contributed by atoms with Crippen molar-refractivity contribution in [2.45, 2.75) is 20.3 Å². The third-order valence-electron chi connectivity index (χ3n) is 3.55. The average Bonchev–Trinajstić information content (AvgIpc) is 2.96. The molecule has 3 rings (SSSR count). The van der Waals surface area contributed by atoms with Crippen LogP contribution in [0.25, 0.3) is 10.2 Å². The summed E-state index contributed by atoms with van der Waals surface area (Å²) in [5.74, 6) is -0.368. The summed E-state index contributed by atoms with van der Waals surface area (Å²) in [6, 6.07) is 12.9. The SMILES string of the molecule is CCc1ccc2nc(NC(=O)c3ccc(NC(C)=O)cc3)sc2c1. The highest BCUT2D eigenvalue weighted by Gasteiger charge is 2.10. The molecule has 6 heteroatoms. The number of nitrogens with one attached hydrogen (secondary N) is 2. The lowest BCUT2D eigenvalue weighted by atomic mass is 10.2. The van der Waals surface area contributed by atoms with E-state index in [2.05, 4.69) is 34.7 Å². The second-order valence-electron chi connectivity index (χ2n) is 5.39. The molecular formula is C18H17N3O2S. The largest absolute Gasteiger partial charge is 0.326 e. The van der Waals surface area contributed by atoms with Gasteiger partial charge in [-0.25, -0.2) is 4.98 Å². The maximum atomic E-state index is 12.3. The molecule has 0 aliphatic carbocycles. The van der Waals surface area contributed by atoms with Gasteiger partial charge in [-0.1, -0.05) is 24.3 Å². The first-order chi connectivity index (χ1) is 11.5. The highest BCUT2D eigenvalue weighted by atomic mass is 32.1. The molecule has 0 unspecified atom stereocenters. The fourth-order valence-corrected chi connectivity index (χ4v) is 3.24. The van der Waals surface area contributed by atoms with Gasteiger partial charge in [-0.3, -0.25) is 14.9 Å². The number of rotatable bonds is 4. The summed E-state index contributed by atoms with van der Waals surface area (Å²) >= 11 is 1.46. The molecular weight excluding hydrogens is 322 g/mol. The quantitative estimate of drug-likeness (QED) is 0.753. The van der Waals surface area contributed by atoms with Crippen LogP contribution in [0.5, 0.6) is 0 Å². The Labute approximate surface area is 143 Å². The van der Waals surface area contributed by atoms with Crippen LogP contribution in [0, 0.1) is 0 Å². The van der Waals surface area contributed by atoms with Crippen LogP contribution in [0.3, 0.4) is 0 Å². The predicted molar refractivity (Wildman–Crippen MR) is 97.7 cm³/mol. The highest BCUT2D eigenvalue weighted by Crippen LogP contribution is 2.27. The van der Waals surface area contributed by atoms with Crippen LogP contribution in [0.15, 0.2) is 42.5 Å². The minimum atomic E-state index is -0.223. The summed E-state index contributed by atoms with van der Waals surface area (Å²) in [7, 11) is 0. The molecule has 2 N–H and O–H groups in total. The van der Waals surface area contributed by atoms with Crippen LogP contribution in [0.4, 0.5) is 10.8 Å². The van der Waals surface area contributed by atoms with E-state index >= 15 is 0 Å². The molecule has 0 aliphatic heterocycles. The minimum Gasteiger partial charge on any atom is -0.326 e. The molecule has 0 atom stereocenters. The van der Waals surface area contributed by atoms with Crippen molar-refractivity contribution >= 4 is 44.2 Å². The number of anilines is 2. The third-order valence-corrected chi connectivity index (χ3v) is 4.48. The monoisotopic (exact) mass is 339 g/mol. The molecule has 0 spiro atoms. The molecule has 2 aromatic carbocycles. The molecule has 0 bridgehead atoms. The molecule has 122 valence electrons. The maximum Gasteiger partial charge on any atom is 0.257 e. The number of amides is 2. The second-order valence-corrected chi connectivity index (χ2v) is 6.42. The zero-order valence-corrected chi connectivity index (χ0v) is 14.2. The smallest absolute Gasteiger partial charge is 0.257 e. The van der Waals surface area contributed by atoms with Crippen LogP contribution in [-0.4, -0.2) is 16.8 Å². The van der Waals surface area contributed by atoms with E-state index < -0.39 is 0 Å². The van der Waals surface area contributed by atoms with Gasteiger partial charge >= 0.3 is 0 Å². The van der Waals surface area contributed by atoms with Gasteiger partial charge in [0, 0.05) is 18.2 Å². The van der Waals surface area contributed by atoms with Gasteiger partial charge in [0.15, 0.2) is 5.13 Å². The number of aromatic nitrogens is 1. The van der Waals surface area contributed by atoms with E-state index in [0.29, 0.717) is 16.4 Å². The Morgan fingerprint density at radius 1 is 1.08 bits per heavy atom. The van der Waals surface area contributed by atoms with E-state index in [1.165, 1.54) is 23.8 Å². The molecule has 3 aromatic rings. The molecule has 5 nitrogen and oxygen atoms in total. The lowest BCUT2D eigenvalue weighted by Gasteiger charge is -2.04. The Morgan fingerprint density at radius 2 is 1.83 bits per heavy atom. The van der Waals surface area contributed by atoms with Crippen molar-refractivity contribution in [2.24, 2.45) is 0 Å². The van der Waals surface area contributed by atoms with E-state index in [1.807, 2.05) is 6.07 Å². The van der Waals surface area contributed by atoms with Crippen LogP contribution in [-0.2, 0) is 11.2 Å². The van der Waals surface area contributed by atoms with Gasteiger partial charge in [-0.15, -0.1) is 0 Å². The summed E-state index contributed by atoms with van der Waals surface area (Å²) in [4.78, 5) is 27.8. The van der Waals surface area contributed by atoms with Crippen molar-refractivity contribution in [3.05, 3.63) is 53.6 Å². The molecule has 0 saturated heterocycles. The van der Waals surface area contributed by atoms with Gasteiger partial charge in [0.25, 0.3) is 5.91 Å². The fraction of sp³-hybridized carbons (Fsp3) is 0.167. The molecule has 24 heavy (non-hydrogen) atoms. The van der Waals surface area contributed by atoms with Gasteiger partial charge < -0.3 is 5.32 Å². The molecule has 0 fully saturated rings. The fourth-order valence-electron chi connectivity index (χ4n) is 2.32. The molecule has 2 amide bonds. The van der Waals surface area contributed by atoms with Gasteiger partial charge in [0.05, 0.1) is 10.2 Å². The van der Waals surface area contributed by atoms with E-state index in [1.54, 1.807) is 24.3 Å². The Morgan fingerprint density at radius 3 is 2.50 bits per heavy atom. The topological polar surface area (TPSA) is 71.1 Å². The standard InChI is InChI=1S/C18H17N3O2S/c1-3-12-4-9-15-16(10-12)24-18(20-15)21-17(23)13-5-7-14(8-6-13)19-11(2)22/h4-10H,3H2,1-2H3,(H,19,22)(H,20,21,23). The number of fused-ring (bicyclic) bond motifs is 1. The Kier molecular flexibility index (Phi) is 4.57. The summed E-state index contributed by atoms with van der Waals surface area (Å²) in [6.45, 7) is 3.55. The average molecular weight is 339 g/mol. The number of aryl methyl sites for hydroxylation is 1. The zero-order chi connectivity index (χ0) is 17.1. The number of carbonyl (C=O) groups excluding carboxylic acids is 2. The summed E-state index contributed by atoms with van der Waals surface area (Å²) in [5.41, 5.74) is 3.30.